The van der Waals surface area contributed by atoms with Crippen LogP contribution in [0.5, 0.6) is 0 Å². The molecule has 1 atom stereocenters. The van der Waals surface area contributed by atoms with Crippen LogP contribution in [-0.4, -0.2) is 33.0 Å². The Bertz CT molecular complexity index is 585. The lowest BCUT2D eigenvalue weighted by molar-refractivity contribution is 0.0693. The van der Waals surface area contributed by atoms with Gasteiger partial charge in [0.2, 0.25) is 0 Å². The highest BCUT2D eigenvalue weighted by Gasteiger charge is 2.20. The quantitative estimate of drug-likeness (QED) is 0.856. The number of nitrogens with one attached hydrogen (secondary N) is 1. The van der Waals surface area contributed by atoms with Crippen LogP contribution in [0.3, 0.4) is 0 Å². The van der Waals surface area contributed by atoms with E-state index in [1.165, 1.54) is 6.42 Å². The fourth-order valence-electron chi connectivity index (χ4n) is 2.55. The van der Waals surface area contributed by atoms with Crippen molar-refractivity contribution in [2.24, 2.45) is 0 Å². The van der Waals surface area contributed by atoms with Gasteiger partial charge in [0.05, 0.1) is 5.52 Å². The summed E-state index contributed by atoms with van der Waals surface area (Å²) in [5.41, 5.74) is 0.807. The Morgan fingerprint density at radius 2 is 2.44 bits per heavy atom. The first kappa shape index (κ1) is 11.2. The smallest absolute Gasteiger partial charge is 0.356 e. The Balaban J connectivity index is 2.02. The molecule has 2 aromatic rings. The normalized spacial score (nSPS) is 19.4. The number of pyridine rings is 1. The molecule has 5 heteroatoms. The number of aromatic nitrogens is 2. The predicted molar refractivity (Wildman–Crippen MR) is 66.9 cm³/mol. The van der Waals surface area contributed by atoms with Crippen LogP contribution < -0.4 is 5.32 Å². The Kier molecular flexibility index (Phi) is 2.76. The van der Waals surface area contributed by atoms with Crippen molar-refractivity contribution in [2.75, 3.05) is 6.54 Å². The standard InChI is InChI=1S/C13H15N3O2/c17-13(18)12-10-5-1-2-7-16(10)11(15-12)8-9-4-3-6-14-9/h1-2,5,7,9,14H,3-4,6,8H2,(H,17,18). The number of nitrogens with zero attached hydrogens (tertiary/aromatic N) is 2. The molecule has 0 aromatic carbocycles. The van der Waals surface area contributed by atoms with Crippen molar-refractivity contribution in [1.29, 1.82) is 0 Å². The number of carboxylic acid groups (broad SMARTS) is 1. The zero-order chi connectivity index (χ0) is 12.5. The van der Waals surface area contributed by atoms with E-state index in [-0.39, 0.29) is 5.69 Å². The first-order valence-corrected chi connectivity index (χ1v) is 6.18. The van der Waals surface area contributed by atoms with Gasteiger partial charge in [-0.25, -0.2) is 9.78 Å². The molecule has 1 unspecified atom stereocenters. The third kappa shape index (κ3) is 1.86. The topological polar surface area (TPSA) is 66.6 Å². The maximum Gasteiger partial charge on any atom is 0.356 e. The van der Waals surface area contributed by atoms with Crippen molar-refractivity contribution < 1.29 is 9.90 Å². The summed E-state index contributed by atoms with van der Waals surface area (Å²) in [6.07, 6.45) is 4.96. The van der Waals surface area contributed by atoms with Gasteiger partial charge in [0.1, 0.15) is 5.82 Å². The molecule has 1 aliphatic rings. The van der Waals surface area contributed by atoms with Gasteiger partial charge in [-0.05, 0) is 31.5 Å². The van der Waals surface area contributed by atoms with Gasteiger partial charge in [-0.2, -0.15) is 0 Å². The lowest BCUT2D eigenvalue weighted by Gasteiger charge is -2.08. The summed E-state index contributed by atoms with van der Waals surface area (Å²) in [4.78, 5) is 15.4. The van der Waals surface area contributed by atoms with E-state index in [0.29, 0.717) is 11.6 Å². The zero-order valence-corrected chi connectivity index (χ0v) is 9.97. The van der Waals surface area contributed by atoms with E-state index in [2.05, 4.69) is 10.3 Å². The van der Waals surface area contributed by atoms with Crippen molar-refractivity contribution in [2.45, 2.75) is 25.3 Å². The lowest BCUT2D eigenvalue weighted by Crippen LogP contribution is -2.24. The summed E-state index contributed by atoms with van der Waals surface area (Å²) in [6, 6.07) is 5.94. The summed E-state index contributed by atoms with van der Waals surface area (Å²) in [5.74, 6) is -0.147. The second-order valence-electron chi connectivity index (χ2n) is 4.64. The second-order valence-corrected chi connectivity index (χ2v) is 4.64. The van der Waals surface area contributed by atoms with Gasteiger partial charge in [0, 0.05) is 18.7 Å². The number of fused-ring (bicyclic) bond motifs is 1. The van der Waals surface area contributed by atoms with E-state index in [1.807, 2.05) is 22.7 Å². The number of rotatable bonds is 3. The molecule has 1 aliphatic heterocycles. The van der Waals surface area contributed by atoms with E-state index in [1.54, 1.807) is 6.07 Å². The molecule has 3 heterocycles. The van der Waals surface area contributed by atoms with Crippen LogP contribution in [0.2, 0.25) is 0 Å². The average molecular weight is 245 g/mol. The van der Waals surface area contributed by atoms with Gasteiger partial charge >= 0.3 is 5.97 Å². The average Bonchev–Trinajstić information content (AvgIpc) is 2.98. The summed E-state index contributed by atoms with van der Waals surface area (Å²) in [7, 11) is 0. The fraction of sp³-hybridized carbons (Fsp3) is 0.385. The molecule has 0 radical (unpaired) electrons. The minimum absolute atomic E-state index is 0.142. The summed E-state index contributed by atoms with van der Waals surface area (Å²) in [6.45, 7) is 1.04. The van der Waals surface area contributed by atoms with Crippen LogP contribution in [0.4, 0.5) is 0 Å². The van der Waals surface area contributed by atoms with Gasteiger partial charge in [-0.1, -0.05) is 6.07 Å². The Morgan fingerprint density at radius 1 is 1.56 bits per heavy atom. The third-order valence-corrected chi connectivity index (χ3v) is 3.42. The van der Waals surface area contributed by atoms with Gasteiger partial charge in [0.25, 0.3) is 0 Å². The number of imidazole rings is 1. The van der Waals surface area contributed by atoms with Gasteiger partial charge in [-0.15, -0.1) is 0 Å². The van der Waals surface area contributed by atoms with Gasteiger partial charge in [-0.3, -0.25) is 0 Å². The molecule has 2 aromatic heterocycles. The lowest BCUT2D eigenvalue weighted by atomic mass is 10.1. The molecule has 0 spiro atoms. The fourth-order valence-corrected chi connectivity index (χ4v) is 2.55. The van der Waals surface area contributed by atoms with Crippen LogP contribution in [-0.2, 0) is 6.42 Å². The Morgan fingerprint density at radius 3 is 3.17 bits per heavy atom. The zero-order valence-electron chi connectivity index (χ0n) is 9.97. The molecule has 0 bridgehead atoms. The highest BCUT2D eigenvalue weighted by Crippen LogP contribution is 2.17. The number of hydrogen-bond donors (Lipinski definition) is 2. The second kappa shape index (κ2) is 4.42. The minimum atomic E-state index is -0.968. The van der Waals surface area contributed by atoms with E-state index < -0.39 is 5.97 Å². The maximum atomic E-state index is 11.2. The number of carboxylic acids is 1. The van der Waals surface area contributed by atoms with E-state index >= 15 is 0 Å². The van der Waals surface area contributed by atoms with Crippen molar-refractivity contribution in [1.82, 2.24) is 14.7 Å². The van der Waals surface area contributed by atoms with Crippen LogP contribution in [0, 0.1) is 0 Å². The summed E-state index contributed by atoms with van der Waals surface area (Å²) >= 11 is 0. The molecule has 94 valence electrons. The van der Waals surface area contributed by atoms with Gasteiger partial charge < -0.3 is 14.8 Å². The first-order chi connectivity index (χ1) is 8.75. The van der Waals surface area contributed by atoms with Crippen molar-refractivity contribution >= 4 is 11.5 Å². The predicted octanol–water partition coefficient (Wildman–Crippen LogP) is 1.33. The molecular weight excluding hydrogens is 230 g/mol. The molecule has 0 aliphatic carbocycles. The number of hydrogen-bond acceptors (Lipinski definition) is 3. The van der Waals surface area contributed by atoms with Gasteiger partial charge in [0.15, 0.2) is 5.69 Å². The molecule has 5 nitrogen and oxygen atoms in total. The molecule has 3 rings (SSSR count). The molecule has 18 heavy (non-hydrogen) atoms. The van der Waals surface area contributed by atoms with Crippen molar-refractivity contribution in [3.05, 3.63) is 35.9 Å². The third-order valence-electron chi connectivity index (χ3n) is 3.42. The summed E-state index contributed by atoms with van der Waals surface area (Å²) < 4.78 is 1.88. The number of aromatic carboxylic acids is 1. The van der Waals surface area contributed by atoms with E-state index in [4.69, 9.17) is 5.11 Å². The van der Waals surface area contributed by atoms with Crippen molar-refractivity contribution in [3.63, 3.8) is 0 Å². The minimum Gasteiger partial charge on any atom is -0.476 e. The van der Waals surface area contributed by atoms with E-state index in [9.17, 15) is 4.79 Å². The SMILES string of the molecule is O=C(O)c1nc(CC2CCCN2)n2ccccc12. The van der Waals surface area contributed by atoms with Crippen LogP contribution in [0.1, 0.15) is 29.2 Å². The largest absolute Gasteiger partial charge is 0.476 e. The Labute approximate surface area is 104 Å². The molecular formula is C13H15N3O2. The van der Waals surface area contributed by atoms with Crippen LogP contribution >= 0.6 is 0 Å². The van der Waals surface area contributed by atoms with E-state index in [0.717, 1.165) is 25.2 Å². The maximum absolute atomic E-state index is 11.2. The number of carbonyl (C=O) groups is 1. The molecule has 0 amide bonds. The molecule has 1 saturated heterocycles. The molecule has 0 saturated carbocycles. The van der Waals surface area contributed by atoms with Crippen LogP contribution in [0.25, 0.3) is 5.52 Å². The highest BCUT2D eigenvalue weighted by molar-refractivity contribution is 5.93. The first-order valence-electron chi connectivity index (χ1n) is 6.18. The monoisotopic (exact) mass is 245 g/mol. The highest BCUT2D eigenvalue weighted by atomic mass is 16.4. The van der Waals surface area contributed by atoms with Crippen LogP contribution in [0.15, 0.2) is 24.4 Å². The molecule has 1 fully saturated rings. The van der Waals surface area contributed by atoms with Crippen molar-refractivity contribution in [3.8, 4) is 0 Å². The Hall–Kier alpha value is -1.88. The molecule has 2 N–H and O–H groups in total. The summed E-state index contributed by atoms with van der Waals surface area (Å²) in [5, 5.41) is 12.6.